The van der Waals surface area contributed by atoms with Gasteiger partial charge in [0, 0.05) is 31.7 Å². The van der Waals surface area contributed by atoms with E-state index >= 15 is 0 Å². The van der Waals surface area contributed by atoms with Crippen molar-refractivity contribution in [3.8, 4) is 0 Å². The number of halogens is 1. The number of likely N-dealkylation sites (N-methyl/N-ethyl adjacent to an activating group) is 1. The molecule has 0 unspecified atom stereocenters. The molecule has 1 aromatic rings. The number of ketones is 1. The van der Waals surface area contributed by atoms with Crippen LogP contribution in [-0.2, 0) is 0 Å². The molecular formula is C15H21FN2O. The van der Waals surface area contributed by atoms with Crippen LogP contribution < -0.4 is 0 Å². The van der Waals surface area contributed by atoms with E-state index in [1.165, 1.54) is 12.1 Å². The van der Waals surface area contributed by atoms with Crippen molar-refractivity contribution in [2.45, 2.75) is 19.4 Å². The Hall–Kier alpha value is -1.26. The quantitative estimate of drug-likeness (QED) is 0.781. The van der Waals surface area contributed by atoms with Gasteiger partial charge in [0.05, 0.1) is 5.54 Å². The van der Waals surface area contributed by atoms with Gasteiger partial charge in [-0.3, -0.25) is 9.69 Å². The molecule has 0 aromatic heterocycles. The molecule has 1 saturated heterocycles. The Balaban J connectivity index is 2.14. The van der Waals surface area contributed by atoms with Gasteiger partial charge in [0.25, 0.3) is 0 Å². The lowest BCUT2D eigenvalue weighted by Crippen LogP contribution is -2.57. The van der Waals surface area contributed by atoms with Gasteiger partial charge in [-0.05, 0) is 45.2 Å². The van der Waals surface area contributed by atoms with Gasteiger partial charge in [0.1, 0.15) is 5.82 Å². The lowest BCUT2D eigenvalue weighted by atomic mass is 9.90. The fraction of sp³-hybridized carbons (Fsp3) is 0.533. The Kier molecular flexibility index (Phi) is 4.02. The summed E-state index contributed by atoms with van der Waals surface area (Å²) >= 11 is 0. The lowest BCUT2D eigenvalue weighted by Gasteiger charge is -2.42. The average molecular weight is 264 g/mol. The molecule has 0 bridgehead atoms. The van der Waals surface area contributed by atoms with E-state index in [0.717, 1.165) is 26.2 Å². The predicted molar refractivity (Wildman–Crippen MR) is 73.9 cm³/mol. The van der Waals surface area contributed by atoms with E-state index in [1.54, 1.807) is 12.1 Å². The molecule has 0 aliphatic carbocycles. The Morgan fingerprint density at radius 3 is 2.16 bits per heavy atom. The molecule has 2 rings (SSSR count). The third kappa shape index (κ3) is 3.01. The smallest absolute Gasteiger partial charge is 0.182 e. The highest BCUT2D eigenvalue weighted by atomic mass is 19.1. The number of nitrogens with zero attached hydrogens (tertiary/aromatic N) is 2. The number of hydrogen-bond donors (Lipinski definition) is 0. The van der Waals surface area contributed by atoms with Gasteiger partial charge in [0.2, 0.25) is 0 Å². The van der Waals surface area contributed by atoms with E-state index in [-0.39, 0.29) is 11.6 Å². The topological polar surface area (TPSA) is 23.6 Å². The standard InChI is InChI=1S/C15H21FN2O/c1-15(2,18-10-8-17(3)9-11-18)14(19)12-4-6-13(16)7-5-12/h4-7H,8-11H2,1-3H3. The fourth-order valence-corrected chi connectivity index (χ4v) is 2.46. The number of Topliss-reactive ketones (excluding diaryl/α,β-unsaturated/α-hetero) is 1. The molecule has 0 atom stereocenters. The van der Waals surface area contributed by atoms with Crippen LogP contribution in [0.15, 0.2) is 24.3 Å². The van der Waals surface area contributed by atoms with Crippen molar-refractivity contribution in [3.63, 3.8) is 0 Å². The molecule has 1 fully saturated rings. The minimum Gasteiger partial charge on any atom is -0.304 e. The van der Waals surface area contributed by atoms with Crippen LogP contribution in [-0.4, -0.2) is 54.3 Å². The molecule has 0 spiro atoms. The summed E-state index contributed by atoms with van der Waals surface area (Å²) in [7, 11) is 2.09. The molecule has 1 aliphatic rings. The van der Waals surface area contributed by atoms with E-state index in [0.29, 0.717) is 5.56 Å². The number of benzene rings is 1. The van der Waals surface area contributed by atoms with Crippen molar-refractivity contribution in [3.05, 3.63) is 35.6 Å². The maximum atomic E-state index is 12.9. The normalized spacial score (nSPS) is 18.5. The van der Waals surface area contributed by atoms with Gasteiger partial charge < -0.3 is 4.90 Å². The van der Waals surface area contributed by atoms with Crippen LogP contribution in [0.5, 0.6) is 0 Å². The van der Waals surface area contributed by atoms with Crippen molar-refractivity contribution in [1.82, 2.24) is 9.80 Å². The summed E-state index contributed by atoms with van der Waals surface area (Å²) in [4.78, 5) is 17.0. The molecule has 3 nitrogen and oxygen atoms in total. The Labute approximate surface area is 114 Å². The monoisotopic (exact) mass is 264 g/mol. The third-order valence-corrected chi connectivity index (χ3v) is 3.96. The molecule has 19 heavy (non-hydrogen) atoms. The highest BCUT2D eigenvalue weighted by Gasteiger charge is 2.36. The van der Waals surface area contributed by atoms with Crippen LogP contribution in [0.1, 0.15) is 24.2 Å². The van der Waals surface area contributed by atoms with Crippen molar-refractivity contribution in [2.75, 3.05) is 33.2 Å². The second kappa shape index (κ2) is 5.39. The van der Waals surface area contributed by atoms with Crippen molar-refractivity contribution >= 4 is 5.78 Å². The highest BCUT2D eigenvalue weighted by molar-refractivity contribution is 6.02. The van der Waals surface area contributed by atoms with E-state index in [2.05, 4.69) is 16.8 Å². The van der Waals surface area contributed by atoms with E-state index in [1.807, 2.05) is 13.8 Å². The summed E-state index contributed by atoms with van der Waals surface area (Å²) < 4.78 is 12.9. The summed E-state index contributed by atoms with van der Waals surface area (Å²) in [6, 6.07) is 5.81. The lowest BCUT2D eigenvalue weighted by molar-refractivity contribution is 0.0463. The SMILES string of the molecule is CN1CCN(C(C)(C)C(=O)c2ccc(F)cc2)CC1. The second-order valence-electron chi connectivity index (χ2n) is 5.69. The summed E-state index contributed by atoms with van der Waals surface area (Å²) in [6.07, 6.45) is 0. The first-order valence-corrected chi connectivity index (χ1v) is 6.65. The maximum absolute atomic E-state index is 12.9. The van der Waals surface area contributed by atoms with E-state index in [9.17, 15) is 9.18 Å². The fourth-order valence-electron chi connectivity index (χ4n) is 2.46. The highest BCUT2D eigenvalue weighted by Crippen LogP contribution is 2.22. The summed E-state index contributed by atoms with van der Waals surface area (Å²) in [5, 5.41) is 0. The number of carbonyl (C=O) groups excluding carboxylic acids is 1. The number of rotatable bonds is 3. The van der Waals surface area contributed by atoms with Crippen molar-refractivity contribution in [1.29, 1.82) is 0 Å². The van der Waals surface area contributed by atoms with Gasteiger partial charge >= 0.3 is 0 Å². The van der Waals surface area contributed by atoms with Crippen LogP contribution in [0.2, 0.25) is 0 Å². The number of piperazine rings is 1. The molecule has 0 N–H and O–H groups in total. The first-order valence-electron chi connectivity index (χ1n) is 6.65. The van der Waals surface area contributed by atoms with Gasteiger partial charge in [0.15, 0.2) is 5.78 Å². The summed E-state index contributed by atoms with van der Waals surface area (Å²) in [5.41, 5.74) is 0.0318. The summed E-state index contributed by atoms with van der Waals surface area (Å²) in [5.74, 6) is -0.258. The van der Waals surface area contributed by atoms with Crippen LogP contribution in [0.4, 0.5) is 4.39 Å². The summed E-state index contributed by atoms with van der Waals surface area (Å²) in [6.45, 7) is 7.61. The molecule has 0 saturated carbocycles. The van der Waals surface area contributed by atoms with E-state index < -0.39 is 5.54 Å². The zero-order valence-electron chi connectivity index (χ0n) is 11.8. The molecule has 4 heteroatoms. The first-order chi connectivity index (χ1) is 8.91. The number of carbonyl (C=O) groups is 1. The maximum Gasteiger partial charge on any atom is 0.182 e. The molecule has 1 aromatic carbocycles. The molecule has 104 valence electrons. The minimum atomic E-state index is -0.543. The molecule has 0 radical (unpaired) electrons. The largest absolute Gasteiger partial charge is 0.304 e. The van der Waals surface area contributed by atoms with Crippen LogP contribution in [0.3, 0.4) is 0 Å². The van der Waals surface area contributed by atoms with Gasteiger partial charge in [-0.1, -0.05) is 0 Å². The van der Waals surface area contributed by atoms with E-state index in [4.69, 9.17) is 0 Å². The van der Waals surface area contributed by atoms with Crippen molar-refractivity contribution in [2.24, 2.45) is 0 Å². The number of hydrogen-bond acceptors (Lipinski definition) is 3. The van der Waals surface area contributed by atoms with Crippen LogP contribution in [0, 0.1) is 5.82 Å². The average Bonchev–Trinajstić information content (AvgIpc) is 2.39. The van der Waals surface area contributed by atoms with Crippen LogP contribution in [0.25, 0.3) is 0 Å². The molecular weight excluding hydrogens is 243 g/mol. The molecule has 0 amide bonds. The van der Waals surface area contributed by atoms with Gasteiger partial charge in [-0.25, -0.2) is 4.39 Å². The zero-order chi connectivity index (χ0) is 14.0. The molecule has 1 aliphatic heterocycles. The predicted octanol–water partition coefficient (Wildman–Crippen LogP) is 2.03. The van der Waals surface area contributed by atoms with Gasteiger partial charge in [-0.15, -0.1) is 0 Å². The Morgan fingerprint density at radius 2 is 1.63 bits per heavy atom. The minimum absolute atomic E-state index is 0.0528. The van der Waals surface area contributed by atoms with Crippen LogP contribution >= 0.6 is 0 Å². The van der Waals surface area contributed by atoms with Gasteiger partial charge in [-0.2, -0.15) is 0 Å². The second-order valence-corrected chi connectivity index (χ2v) is 5.69. The third-order valence-electron chi connectivity index (χ3n) is 3.96. The Bertz CT molecular complexity index is 448. The zero-order valence-corrected chi connectivity index (χ0v) is 11.8. The first kappa shape index (κ1) is 14.2. The Morgan fingerprint density at radius 1 is 1.11 bits per heavy atom. The molecule has 1 heterocycles. The van der Waals surface area contributed by atoms with Crippen molar-refractivity contribution < 1.29 is 9.18 Å².